The van der Waals surface area contributed by atoms with Crippen LogP contribution in [0.4, 0.5) is 0 Å². The van der Waals surface area contributed by atoms with Gasteiger partial charge in [-0.05, 0) is 25.8 Å². The molecule has 0 fully saturated rings. The van der Waals surface area contributed by atoms with E-state index < -0.39 is 0 Å². The number of ether oxygens (including phenoxy) is 1. The molecule has 88 valence electrons. The highest BCUT2D eigenvalue weighted by Crippen LogP contribution is 2.09. The van der Waals surface area contributed by atoms with Crippen LogP contribution in [0.2, 0.25) is 0 Å². The maximum Gasteiger partial charge on any atom is 0.0589 e. The van der Waals surface area contributed by atoms with E-state index in [9.17, 15) is 0 Å². The molecule has 0 aliphatic carbocycles. The van der Waals surface area contributed by atoms with Gasteiger partial charge in [-0.3, -0.25) is 4.90 Å². The van der Waals surface area contributed by atoms with Crippen molar-refractivity contribution in [3.63, 3.8) is 0 Å². The Morgan fingerprint density at radius 2 is 1.93 bits per heavy atom. The molecule has 0 saturated heterocycles. The SMILES string of the molecule is C#CCCCN(CCOC)C(CC)CC. The summed E-state index contributed by atoms with van der Waals surface area (Å²) in [7, 11) is 1.76. The molecular formula is C13H25NO. The van der Waals surface area contributed by atoms with E-state index >= 15 is 0 Å². The van der Waals surface area contributed by atoms with Crippen molar-refractivity contribution in [2.45, 2.75) is 45.6 Å². The van der Waals surface area contributed by atoms with Crippen molar-refractivity contribution in [3.8, 4) is 12.3 Å². The summed E-state index contributed by atoms with van der Waals surface area (Å²) in [5.41, 5.74) is 0. The third-order valence-electron chi connectivity index (χ3n) is 2.81. The molecule has 0 aliphatic rings. The normalized spacial score (nSPS) is 10.9. The minimum absolute atomic E-state index is 0.679. The van der Waals surface area contributed by atoms with Crippen LogP contribution < -0.4 is 0 Å². The average molecular weight is 211 g/mol. The van der Waals surface area contributed by atoms with Crippen molar-refractivity contribution >= 4 is 0 Å². The van der Waals surface area contributed by atoms with E-state index in [0.717, 1.165) is 32.5 Å². The van der Waals surface area contributed by atoms with Crippen LogP contribution in [0.1, 0.15) is 39.5 Å². The van der Waals surface area contributed by atoms with Gasteiger partial charge in [-0.1, -0.05) is 13.8 Å². The highest BCUT2D eigenvalue weighted by Gasteiger charge is 2.13. The first-order valence-corrected chi connectivity index (χ1v) is 5.96. The van der Waals surface area contributed by atoms with Gasteiger partial charge in [0, 0.05) is 26.1 Å². The molecule has 0 aliphatic heterocycles. The first-order chi connectivity index (χ1) is 7.29. The summed E-state index contributed by atoms with van der Waals surface area (Å²) < 4.78 is 5.14. The van der Waals surface area contributed by atoms with E-state index in [1.165, 1.54) is 12.8 Å². The summed E-state index contributed by atoms with van der Waals surface area (Å²) in [6.07, 6.45) is 9.64. The lowest BCUT2D eigenvalue weighted by Gasteiger charge is -2.30. The fourth-order valence-electron chi connectivity index (χ4n) is 1.87. The second-order valence-electron chi connectivity index (χ2n) is 3.81. The molecule has 0 radical (unpaired) electrons. The Hall–Kier alpha value is -0.520. The van der Waals surface area contributed by atoms with E-state index in [1.807, 2.05) is 0 Å². The second-order valence-corrected chi connectivity index (χ2v) is 3.81. The maximum absolute atomic E-state index is 5.26. The highest BCUT2D eigenvalue weighted by atomic mass is 16.5. The second kappa shape index (κ2) is 10.0. The van der Waals surface area contributed by atoms with Crippen molar-refractivity contribution in [2.75, 3.05) is 26.8 Å². The third kappa shape index (κ3) is 6.54. The summed E-state index contributed by atoms with van der Waals surface area (Å²) in [4.78, 5) is 2.50. The van der Waals surface area contributed by atoms with Gasteiger partial charge in [0.05, 0.1) is 6.61 Å². The van der Waals surface area contributed by atoms with Crippen molar-refractivity contribution in [1.29, 1.82) is 0 Å². The van der Waals surface area contributed by atoms with E-state index in [0.29, 0.717) is 6.04 Å². The van der Waals surface area contributed by atoms with Gasteiger partial charge in [-0.2, -0.15) is 0 Å². The molecule has 0 saturated carbocycles. The number of unbranched alkanes of at least 4 members (excludes halogenated alkanes) is 1. The molecule has 0 N–H and O–H groups in total. The zero-order valence-electron chi connectivity index (χ0n) is 10.5. The largest absolute Gasteiger partial charge is 0.383 e. The Bertz CT molecular complexity index is 170. The molecule has 0 amide bonds. The van der Waals surface area contributed by atoms with Crippen LogP contribution in [-0.2, 0) is 4.74 Å². The van der Waals surface area contributed by atoms with Crippen LogP contribution in [0.25, 0.3) is 0 Å². The zero-order chi connectivity index (χ0) is 11.5. The van der Waals surface area contributed by atoms with E-state index in [-0.39, 0.29) is 0 Å². The number of hydrogen-bond acceptors (Lipinski definition) is 2. The molecule has 0 heterocycles. The van der Waals surface area contributed by atoms with Crippen molar-refractivity contribution in [3.05, 3.63) is 0 Å². The van der Waals surface area contributed by atoms with E-state index in [4.69, 9.17) is 11.2 Å². The van der Waals surface area contributed by atoms with Crippen LogP contribution in [0.3, 0.4) is 0 Å². The standard InChI is InChI=1S/C13H25NO/c1-5-8-9-10-14(11-12-15-4)13(6-2)7-3/h1,13H,6-12H2,2-4H3. The van der Waals surface area contributed by atoms with Crippen molar-refractivity contribution in [2.24, 2.45) is 0 Å². The fraction of sp³-hybridized carbons (Fsp3) is 0.846. The molecular weight excluding hydrogens is 186 g/mol. The summed E-state index contributed by atoms with van der Waals surface area (Å²) >= 11 is 0. The van der Waals surface area contributed by atoms with E-state index in [2.05, 4.69) is 24.7 Å². The summed E-state index contributed by atoms with van der Waals surface area (Å²) in [5.74, 6) is 2.70. The minimum atomic E-state index is 0.679. The number of methoxy groups -OCH3 is 1. The summed E-state index contributed by atoms with van der Waals surface area (Å²) in [6.45, 7) is 7.42. The topological polar surface area (TPSA) is 12.5 Å². The van der Waals surface area contributed by atoms with Gasteiger partial charge in [0.25, 0.3) is 0 Å². The Labute approximate surface area is 95.0 Å². The van der Waals surface area contributed by atoms with Crippen molar-refractivity contribution in [1.82, 2.24) is 4.90 Å². The van der Waals surface area contributed by atoms with Crippen molar-refractivity contribution < 1.29 is 4.74 Å². The first-order valence-electron chi connectivity index (χ1n) is 5.96. The molecule has 0 aromatic heterocycles. The minimum Gasteiger partial charge on any atom is -0.383 e. The zero-order valence-corrected chi connectivity index (χ0v) is 10.5. The lowest BCUT2D eigenvalue weighted by atomic mass is 10.1. The van der Waals surface area contributed by atoms with E-state index in [1.54, 1.807) is 7.11 Å². The number of hydrogen-bond donors (Lipinski definition) is 0. The summed E-state index contributed by atoms with van der Waals surface area (Å²) in [5, 5.41) is 0. The molecule has 2 nitrogen and oxygen atoms in total. The molecule has 0 atom stereocenters. The first kappa shape index (κ1) is 14.5. The average Bonchev–Trinajstić information content (AvgIpc) is 2.26. The quantitative estimate of drug-likeness (QED) is 0.429. The Kier molecular flexibility index (Phi) is 9.67. The lowest BCUT2D eigenvalue weighted by molar-refractivity contribution is 0.114. The molecule has 0 rings (SSSR count). The molecule has 0 unspecified atom stereocenters. The van der Waals surface area contributed by atoms with Crippen LogP contribution in [0.15, 0.2) is 0 Å². The van der Waals surface area contributed by atoms with Gasteiger partial charge in [0.1, 0.15) is 0 Å². The lowest BCUT2D eigenvalue weighted by Crippen LogP contribution is -2.37. The van der Waals surface area contributed by atoms with Gasteiger partial charge >= 0.3 is 0 Å². The molecule has 0 spiro atoms. The van der Waals surface area contributed by atoms with Gasteiger partial charge in [-0.25, -0.2) is 0 Å². The van der Waals surface area contributed by atoms with Gasteiger partial charge in [0.2, 0.25) is 0 Å². The van der Waals surface area contributed by atoms with Crippen LogP contribution >= 0.6 is 0 Å². The third-order valence-corrected chi connectivity index (χ3v) is 2.81. The van der Waals surface area contributed by atoms with Crippen LogP contribution in [0, 0.1) is 12.3 Å². The number of nitrogens with zero attached hydrogens (tertiary/aromatic N) is 1. The molecule has 2 heteroatoms. The predicted octanol–water partition coefficient (Wildman–Crippen LogP) is 2.54. The van der Waals surface area contributed by atoms with Gasteiger partial charge in [0.15, 0.2) is 0 Å². The number of terminal acetylenes is 1. The van der Waals surface area contributed by atoms with Crippen LogP contribution in [0.5, 0.6) is 0 Å². The van der Waals surface area contributed by atoms with Gasteiger partial charge in [-0.15, -0.1) is 12.3 Å². The Balaban J connectivity index is 3.98. The highest BCUT2D eigenvalue weighted by molar-refractivity contribution is 4.84. The summed E-state index contributed by atoms with van der Waals surface area (Å²) in [6, 6.07) is 0.679. The monoisotopic (exact) mass is 211 g/mol. The number of rotatable bonds is 9. The molecule has 0 bridgehead atoms. The smallest absolute Gasteiger partial charge is 0.0589 e. The molecule has 0 aromatic carbocycles. The molecule has 0 aromatic rings. The fourth-order valence-corrected chi connectivity index (χ4v) is 1.87. The van der Waals surface area contributed by atoms with Crippen LogP contribution in [-0.4, -0.2) is 37.7 Å². The molecule has 15 heavy (non-hydrogen) atoms. The van der Waals surface area contributed by atoms with Gasteiger partial charge < -0.3 is 4.74 Å². The Morgan fingerprint density at radius 1 is 1.27 bits per heavy atom. The Morgan fingerprint density at radius 3 is 2.40 bits per heavy atom. The maximum atomic E-state index is 5.26. The predicted molar refractivity (Wildman–Crippen MR) is 65.9 cm³/mol.